The summed E-state index contributed by atoms with van der Waals surface area (Å²) in [7, 11) is -1.27. The third kappa shape index (κ3) is 3.77. The van der Waals surface area contributed by atoms with Crippen LogP contribution in [0.1, 0.15) is 18.9 Å². The van der Waals surface area contributed by atoms with E-state index in [0.29, 0.717) is 18.6 Å². The Morgan fingerprint density at radius 1 is 1.38 bits per heavy atom. The number of carbonyl (C=O) groups is 1. The molecule has 2 unspecified atom stereocenters. The third-order valence-corrected chi connectivity index (χ3v) is 4.06. The second-order valence-electron chi connectivity index (χ2n) is 3.52. The topological polar surface area (TPSA) is 54.4 Å². The fraction of sp³-hybridized carbons (Fsp3) is 0.417. The molecule has 0 aliphatic carbocycles. The van der Waals surface area contributed by atoms with Crippen LogP contribution in [0, 0.1) is 0 Å². The Balaban J connectivity index is 2.57. The lowest BCUT2D eigenvalue weighted by Crippen LogP contribution is -2.27. The first-order valence-electron chi connectivity index (χ1n) is 5.29. The standard InChI is InChI=1S/C12H16O3S/c1-2-16(15)11(12(13)14)9-8-10-6-4-3-5-7-10/h3-7,11H,2,8-9H2,1H3,(H,13,14). The Morgan fingerprint density at radius 2 is 2.00 bits per heavy atom. The summed E-state index contributed by atoms with van der Waals surface area (Å²) in [5.74, 6) is -0.567. The maximum absolute atomic E-state index is 11.5. The van der Waals surface area contributed by atoms with Crippen LogP contribution >= 0.6 is 0 Å². The first-order valence-corrected chi connectivity index (χ1v) is 6.67. The highest BCUT2D eigenvalue weighted by molar-refractivity contribution is 7.86. The Morgan fingerprint density at radius 3 is 2.50 bits per heavy atom. The molecule has 0 radical (unpaired) electrons. The van der Waals surface area contributed by atoms with E-state index >= 15 is 0 Å². The molecule has 1 aromatic carbocycles. The molecule has 88 valence electrons. The minimum absolute atomic E-state index is 0.395. The van der Waals surface area contributed by atoms with Crippen molar-refractivity contribution in [1.82, 2.24) is 0 Å². The van der Waals surface area contributed by atoms with Gasteiger partial charge in [-0.3, -0.25) is 9.00 Å². The summed E-state index contributed by atoms with van der Waals surface area (Å²) in [6, 6.07) is 9.66. The van der Waals surface area contributed by atoms with Gasteiger partial charge in [0.05, 0.1) is 0 Å². The molecule has 0 fully saturated rings. The molecule has 2 atom stereocenters. The number of aryl methyl sites for hydroxylation is 1. The van der Waals surface area contributed by atoms with Crippen molar-refractivity contribution in [3.8, 4) is 0 Å². The van der Waals surface area contributed by atoms with E-state index in [4.69, 9.17) is 5.11 Å². The first-order chi connectivity index (χ1) is 7.65. The van der Waals surface area contributed by atoms with Crippen molar-refractivity contribution in [3.63, 3.8) is 0 Å². The maximum atomic E-state index is 11.5. The van der Waals surface area contributed by atoms with Gasteiger partial charge in [0.1, 0.15) is 5.25 Å². The molecule has 3 nitrogen and oxygen atoms in total. The Bertz CT molecular complexity index is 362. The van der Waals surface area contributed by atoms with Crippen molar-refractivity contribution in [3.05, 3.63) is 35.9 Å². The zero-order chi connectivity index (χ0) is 12.0. The molecule has 1 aromatic rings. The predicted octanol–water partition coefficient (Wildman–Crippen LogP) is 1.84. The van der Waals surface area contributed by atoms with Gasteiger partial charge < -0.3 is 5.11 Å². The molecular formula is C12H16O3S. The first kappa shape index (κ1) is 12.9. The molecule has 1 N–H and O–H groups in total. The monoisotopic (exact) mass is 240 g/mol. The van der Waals surface area contributed by atoms with Crippen LogP contribution in [0.5, 0.6) is 0 Å². The van der Waals surface area contributed by atoms with E-state index in [1.807, 2.05) is 30.3 Å². The van der Waals surface area contributed by atoms with Crippen molar-refractivity contribution in [2.75, 3.05) is 5.75 Å². The minimum atomic E-state index is -1.27. The molecule has 0 heterocycles. The Kier molecular flexibility index (Phi) is 5.19. The van der Waals surface area contributed by atoms with Crippen molar-refractivity contribution in [2.45, 2.75) is 25.0 Å². The summed E-state index contributed by atoms with van der Waals surface area (Å²) in [6.45, 7) is 1.74. The zero-order valence-corrected chi connectivity index (χ0v) is 10.1. The van der Waals surface area contributed by atoms with Crippen LogP contribution < -0.4 is 0 Å². The van der Waals surface area contributed by atoms with E-state index in [1.165, 1.54) is 0 Å². The van der Waals surface area contributed by atoms with Crippen molar-refractivity contribution >= 4 is 16.8 Å². The van der Waals surface area contributed by atoms with E-state index in [1.54, 1.807) is 6.92 Å². The molecule has 0 saturated carbocycles. The Labute approximate surface area is 98.0 Å². The fourth-order valence-electron chi connectivity index (χ4n) is 1.51. The fourth-order valence-corrected chi connectivity index (χ4v) is 2.52. The van der Waals surface area contributed by atoms with Crippen LogP contribution in [0.25, 0.3) is 0 Å². The molecule has 4 heteroatoms. The average molecular weight is 240 g/mol. The zero-order valence-electron chi connectivity index (χ0n) is 9.26. The SMILES string of the molecule is CCS(=O)C(CCc1ccccc1)C(=O)O. The molecule has 0 aliphatic heterocycles. The van der Waals surface area contributed by atoms with Gasteiger partial charge in [0.15, 0.2) is 0 Å². The lowest BCUT2D eigenvalue weighted by molar-refractivity contribution is -0.136. The highest BCUT2D eigenvalue weighted by Gasteiger charge is 2.22. The van der Waals surface area contributed by atoms with Gasteiger partial charge in [-0.2, -0.15) is 0 Å². The molecule has 0 bridgehead atoms. The average Bonchev–Trinajstić information content (AvgIpc) is 2.30. The normalized spacial score (nSPS) is 14.3. The minimum Gasteiger partial charge on any atom is -0.480 e. The van der Waals surface area contributed by atoms with E-state index in [2.05, 4.69) is 0 Å². The van der Waals surface area contributed by atoms with Gasteiger partial charge in [0, 0.05) is 16.6 Å². The predicted molar refractivity (Wildman–Crippen MR) is 64.9 cm³/mol. The highest BCUT2D eigenvalue weighted by atomic mass is 32.2. The molecule has 0 spiro atoms. The van der Waals surface area contributed by atoms with Crippen LogP contribution in [0.2, 0.25) is 0 Å². The summed E-state index contributed by atoms with van der Waals surface area (Å²) in [5, 5.41) is 8.21. The number of aliphatic carboxylic acids is 1. The molecular weight excluding hydrogens is 224 g/mol. The molecule has 16 heavy (non-hydrogen) atoms. The number of hydrogen-bond acceptors (Lipinski definition) is 2. The van der Waals surface area contributed by atoms with Crippen molar-refractivity contribution < 1.29 is 14.1 Å². The summed E-state index contributed by atoms with van der Waals surface area (Å²) < 4.78 is 11.5. The van der Waals surface area contributed by atoms with Gasteiger partial charge in [-0.15, -0.1) is 0 Å². The van der Waals surface area contributed by atoms with E-state index in [9.17, 15) is 9.00 Å². The van der Waals surface area contributed by atoms with Crippen molar-refractivity contribution in [2.24, 2.45) is 0 Å². The number of carboxylic acids is 1. The van der Waals surface area contributed by atoms with Gasteiger partial charge in [-0.25, -0.2) is 0 Å². The quantitative estimate of drug-likeness (QED) is 0.825. The van der Waals surface area contributed by atoms with Crippen LogP contribution in [-0.4, -0.2) is 26.3 Å². The molecule has 0 amide bonds. The highest BCUT2D eigenvalue weighted by Crippen LogP contribution is 2.09. The van der Waals surface area contributed by atoms with E-state index < -0.39 is 22.0 Å². The smallest absolute Gasteiger partial charge is 0.319 e. The summed E-state index contributed by atoms with van der Waals surface area (Å²) in [4.78, 5) is 10.9. The second-order valence-corrected chi connectivity index (χ2v) is 5.43. The maximum Gasteiger partial charge on any atom is 0.319 e. The van der Waals surface area contributed by atoms with Gasteiger partial charge in [0.25, 0.3) is 0 Å². The number of carboxylic acid groups (broad SMARTS) is 1. The summed E-state index contributed by atoms with van der Waals surface area (Å²) >= 11 is 0. The lowest BCUT2D eigenvalue weighted by atomic mass is 10.1. The molecule has 0 aliphatic rings. The molecule has 0 saturated heterocycles. The number of hydrogen-bond donors (Lipinski definition) is 1. The summed E-state index contributed by atoms with van der Waals surface area (Å²) in [5.41, 5.74) is 1.09. The molecule has 1 rings (SSSR count). The molecule has 0 aromatic heterocycles. The van der Waals surface area contributed by atoms with Gasteiger partial charge in [0.2, 0.25) is 0 Å². The number of benzene rings is 1. The largest absolute Gasteiger partial charge is 0.480 e. The van der Waals surface area contributed by atoms with Crippen LogP contribution in [-0.2, 0) is 22.0 Å². The second kappa shape index (κ2) is 6.43. The number of rotatable bonds is 6. The van der Waals surface area contributed by atoms with Gasteiger partial charge in [-0.1, -0.05) is 37.3 Å². The van der Waals surface area contributed by atoms with Crippen LogP contribution in [0.4, 0.5) is 0 Å². The Hall–Kier alpha value is -1.16. The van der Waals surface area contributed by atoms with E-state index in [0.717, 1.165) is 5.56 Å². The summed E-state index contributed by atoms with van der Waals surface area (Å²) in [6.07, 6.45) is 1.09. The van der Waals surface area contributed by atoms with Crippen LogP contribution in [0.15, 0.2) is 30.3 Å². The van der Waals surface area contributed by atoms with Crippen LogP contribution in [0.3, 0.4) is 0 Å². The van der Waals surface area contributed by atoms with Crippen molar-refractivity contribution in [1.29, 1.82) is 0 Å². The lowest BCUT2D eigenvalue weighted by Gasteiger charge is -2.10. The third-order valence-electron chi connectivity index (χ3n) is 2.42. The van der Waals surface area contributed by atoms with Gasteiger partial charge >= 0.3 is 5.97 Å². The van der Waals surface area contributed by atoms with Gasteiger partial charge in [-0.05, 0) is 18.4 Å². The van der Waals surface area contributed by atoms with E-state index in [-0.39, 0.29) is 0 Å².